The van der Waals surface area contributed by atoms with E-state index in [0.29, 0.717) is 19.4 Å². The number of hydrogen-bond acceptors (Lipinski definition) is 4. The Labute approximate surface area is 90.0 Å². The fourth-order valence-corrected chi connectivity index (χ4v) is 1.56. The number of aliphatic hydroxyl groups is 1. The zero-order valence-electron chi connectivity index (χ0n) is 9.32. The highest BCUT2D eigenvalue weighted by Crippen LogP contribution is 2.24. The molecule has 0 radical (unpaired) electrons. The van der Waals surface area contributed by atoms with Gasteiger partial charge in [-0.25, -0.2) is 0 Å². The van der Waals surface area contributed by atoms with E-state index in [1.54, 1.807) is 6.92 Å². The maximum Gasteiger partial charge on any atom is 0.237 e. The van der Waals surface area contributed by atoms with Crippen molar-refractivity contribution in [1.82, 2.24) is 5.32 Å². The van der Waals surface area contributed by atoms with Crippen LogP contribution in [0.3, 0.4) is 0 Å². The average molecular weight is 216 g/mol. The van der Waals surface area contributed by atoms with Crippen molar-refractivity contribution in [2.75, 3.05) is 13.2 Å². The summed E-state index contributed by atoms with van der Waals surface area (Å²) >= 11 is 0. The molecule has 5 nitrogen and oxygen atoms in total. The Balaban J connectivity index is 2.39. The van der Waals surface area contributed by atoms with E-state index in [-0.39, 0.29) is 18.6 Å². The predicted molar refractivity (Wildman–Crippen MR) is 56.3 cm³/mol. The van der Waals surface area contributed by atoms with Crippen LogP contribution in [0, 0.1) is 0 Å². The van der Waals surface area contributed by atoms with E-state index < -0.39 is 11.6 Å². The second kappa shape index (κ2) is 4.92. The van der Waals surface area contributed by atoms with Gasteiger partial charge >= 0.3 is 0 Å². The van der Waals surface area contributed by atoms with Gasteiger partial charge in [0, 0.05) is 19.6 Å². The van der Waals surface area contributed by atoms with Gasteiger partial charge in [-0.15, -0.1) is 0 Å². The molecule has 5 heteroatoms. The molecule has 1 rings (SSSR count). The summed E-state index contributed by atoms with van der Waals surface area (Å²) in [5.41, 5.74) is 4.61. The molecule has 15 heavy (non-hydrogen) atoms. The number of carbonyl (C=O) groups excluding carboxylic acids is 1. The summed E-state index contributed by atoms with van der Waals surface area (Å²) in [6.45, 7) is 4.40. The van der Waals surface area contributed by atoms with Gasteiger partial charge in [-0.2, -0.15) is 0 Å². The lowest BCUT2D eigenvalue weighted by atomic mass is 9.96. The number of nitrogens with two attached hydrogens (primary N) is 1. The molecule has 0 aromatic heterocycles. The third kappa shape index (κ3) is 2.90. The predicted octanol–water partition coefficient (Wildman–Crippen LogP) is -0.620. The van der Waals surface area contributed by atoms with Crippen molar-refractivity contribution in [2.45, 2.75) is 44.4 Å². The molecule has 1 saturated heterocycles. The molecular weight excluding hydrogens is 196 g/mol. The van der Waals surface area contributed by atoms with Crippen LogP contribution in [-0.2, 0) is 9.53 Å². The van der Waals surface area contributed by atoms with Crippen molar-refractivity contribution in [3.8, 4) is 0 Å². The van der Waals surface area contributed by atoms with E-state index >= 15 is 0 Å². The second-order valence-corrected chi connectivity index (χ2v) is 4.10. The van der Waals surface area contributed by atoms with E-state index in [2.05, 4.69) is 5.32 Å². The van der Waals surface area contributed by atoms with E-state index in [1.807, 2.05) is 6.92 Å². The molecule has 1 fully saturated rings. The number of nitrogens with one attached hydrogen (secondary N) is 1. The van der Waals surface area contributed by atoms with Gasteiger partial charge in [-0.3, -0.25) is 4.79 Å². The topological polar surface area (TPSA) is 84.6 Å². The van der Waals surface area contributed by atoms with Crippen molar-refractivity contribution in [2.24, 2.45) is 5.73 Å². The Morgan fingerprint density at radius 3 is 2.93 bits per heavy atom. The molecule has 3 atom stereocenters. The highest BCUT2D eigenvalue weighted by Gasteiger charge is 2.39. The van der Waals surface area contributed by atoms with Crippen molar-refractivity contribution in [3.05, 3.63) is 0 Å². The standard InChI is InChI=1S/C10H20N2O3/c1-3-8(11)9(13)12-6-10(14)4-5-15-7(10)2/h7-8,14H,3-6,11H2,1-2H3,(H,12,13)/t7?,8-,10?/m1/s1. The maximum absolute atomic E-state index is 11.4. The average Bonchev–Trinajstić information content (AvgIpc) is 2.55. The van der Waals surface area contributed by atoms with E-state index in [4.69, 9.17) is 10.5 Å². The van der Waals surface area contributed by atoms with Crippen LogP contribution in [0.15, 0.2) is 0 Å². The number of carbonyl (C=O) groups is 1. The molecular formula is C10H20N2O3. The zero-order valence-corrected chi connectivity index (χ0v) is 9.32. The van der Waals surface area contributed by atoms with Gasteiger partial charge in [-0.05, 0) is 13.3 Å². The van der Waals surface area contributed by atoms with Crippen LogP contribution in [-0.4, -0.2) is 41.9 Å². The first-order valence-corrected chi connectivity index (χ1v) is 5.37. The molecule has 1 heterocycles. The number of amides is 1. The summed E-state index contributed by atoms with van der Waals surface area (Å²) in [7, 11) is 0. The van der Waals surface area contributed by atoms with Crippen LogP contribution in [0.1, 0.15) is 26.7 Å². The number of ether oxygens (including phenoxy) is 1. The summed E-state index contributed by atoms with van der Waals surface area (Å²) in [5, 5.41) is 12.7. The minimum atomic E-state index is -0.941. The molecule has 2 unspecified atom stereocenters. The lowest BCUT2D eigenvalue weighted by Crippen LogP contribution is -2.50. The fraction of sp³-hybridized carbons (Fsp3) is 0.900. The monoisotopic (exact) mass is 216 g/mol. The van der Waals surface area contributed by atoms with Gasteiger partial charge in [0.15, 0.2) is 0 Å². The van der Waals surface area contributed by atoms with Gasteiger partial charge in [0.25, 0.3) is 0 Å². The van der Waals surface area contributed by atoms with Gasteiger partial charge in [0.05, 0.1) is 12.1 Å². The van der Waals surface area contributed by atoms with Crippen LogP contribution >= 0.6 is 0 Å². The third-order valence-corrected chi connectivity index (χ3v) is 3.00. The molecule has 88 valence electrons. The van der Waals surface area contributed by atoms with Gasteiger partial charge in [-0.1, -0.05) is 6.92 Å². The highest BCUT2D eigenvalue weighted by molar-refractivity contribution is 5.81. The molecule has 0 bridgehead atoms. The molecule has 1 amide bonds. The molecule has 4 N–H and O–H groups in total. The van der Waals surface area contributed by atoms with E-state index in [9.17, 15) is 9.90 Å². The van der Waals surface area contributed by atoms with Crippen molar-refractivity contribution < 1.29 is 14.6 Å². The summed E-state index contributed by atoms with van der Waals surface area (Å²) in [6, 6.07) is -0.494. The Kier molecular flexibility index (Phi) is 4.07. The summed E-state index contributed by atoms with van der Waals surface area (Å²) in [6.07, 6.45) is 0.905. The van der Waals surface area contributed by atoms with E-state index in [0.717, 1.165) is 0 Å². The molecule has 0 saturated carbocycles. The first kappa shape index (κ1) is 12.4. The van der Waals surface area contributed by atoms with Gasteiger partial charge in [0.1, 0.15) is 5.60 Å². The van der Waals surface area contributed by atoms with Crippen LogP contribution in [0.2, 0.25) is 0 Å². The molecule has 0 spiro atoms. The lowest BCUT2D eigenvalue weighted by molar-refractivity contribution is -0.124. The van der Waals surface area contributed by atoms with Crippen LogP contribution < -0.4 is 11.1 Å². The maximum atomic E-state index is 11.4. The van der Waals surface area contributed by atoms with Gasteiger partial charge < -0.3 is 20.9 Å². The Hall–Kier alpha value is -0.650. The highest BCUT2D eigenvalue weighted by atomic mass is 16.5. The van der Waals surface area contributed by atoms with Crippen LogP contribution in [0.5, 0.6) is 0 Å². The smallest absolute Gasteiger partial charge is 0.237 e. The summed E-state index contributed by atoms with van der Waals surface area (Å²) in [4.78, 5) is 11.4. The lowest BCUT2D eigenvalue weighted by Gasteiger charge is -2.26. The van der Waals surface area contributed by atoms with Crippen molar-refractivity contribution in [3.63, 3.8) is 0 Å². The van der Waals surface area contributed by atoms with Crippen molar-refractivity contribution in [1.29, 1.82) is 0 Å². The molecule has 0 aromatic rings. The third-order valence-electron chi connectivity index (χ3n) is 3.00. The first-order valence-electron chi connectivity index (χ1n) is 5.37. The fourth-order valence-electron chi connectivity index (χ4n) is 1.56. The Morgan fingerprint density at radius 2 is 2.47 bits per heavy atom. The first-order chi connectivity index (χ1) is 6.99. The minimum absolute atomic E-state index is 0.209. The minimum Gasteiger partial charge on any atom is -0.385 e. The Bertz CT molecular complexity index is 235. The quantitative estimate of drug-likeness (QED) is 0.584. The van der Waals surface area contributed by atoms with Gasteiger partial charge in [0.2, 0.25) is 5.91 Å². The number of hydrogen-bond donors (Lipinski definition) is 3. The normalized spacial score (nSPS) is 32.7. The largest absolute Gasteiger partial charge is 0.385 e. The van der Waals surface area contributed by atoms with Crippen LogP contribution in [0.25, 0.3) is 0 Å². The number of rotatable bonds is 4. The molecule has 0 aliphatic carbocycles. The molecule has 0 aromatic carbocycles. The zero-order chi connectivity index (χ0) is 11.5. The van der Waals surface area contributed by atoms with Crippen LogP contribution in [0.4, 0.5) is 0 Å². The Morgan fingerprint density at radius 1 is 1.80 bits per heavy atom. The summed E-state index contributed by atoms with van der Waals surface area (Å²) < 4.78 is 5.25. The van der Waals surface area contributed by atoms with Crippen molar-refractivity contribution >= 4 is 5.91 Å². The second-order valence-electron chi connectivity index (χ2n) is 4.10. The summed E-state index contributed by atoms with van der Waals surface area (Å²) in [5.74, 6) is -0.218. The SMILES string of the molecule is CC[C@@H](N)C(=O)NCC1(O)CCOC1C. The molecule has 1 aliphatic heterocycles. The molecule has 1 aliphatic rings. The van der Waals surface area contributed by atoms with E-state index in [1.165, 1.54) is 0 Å².